The van der Waals surface area contributed by atoms with Crippen LogP contribution in [0.1, 0.15) is 18.5 Å². The second-order valence-electron chi connectivity index (χ2n) is 6.13. The first-order chi connectivity index (χ1) is 12.2. The number of anilines is 3. The molecule has 0 radical (unpaired) electrons. The van der Waals surface area contributed by atoms with Crippen LogP contribution in [0.5, 0.6) is 0 Å². The normalized spacial score (nSPS) is 13.6. The fourth-order valence-corrected chi connectivity index (χ4v) is 2.63. The van der Waals surface area contributed by atoms with Crippen molar-refractivity contribution in [3.8, 4) is 11.3 Å². The highest BCUT2D eigenvalue weighted by Gasteiger charge is 2.24. The highest BCUT2D eigenvalue weighted by molar-refractivity contribution is 5.64. The summed E-state index contributed by atoms with van der Waals surface area (Å²) in [5, 5.41) is 3.07. The zero-order chi connectivity index (χ0) is 17.2. The largest absolute Gasteiger partial charge is 0.368 e. The third-order valence-corrected chi connectivity index (χ3v) is 4.10. The predicted molar refractivity (Wildman–Crippen MR) is 93.6 cm³/mol. The molecule has 1 aliphatic rings. The van der Waals surface area contributed by atoms with Crippen LogP contribution >= 0.6 is 0 Å². The maximum atomic E-state index is 13.0. The molecule has 0 saturated heterocycles. The van der Waals surface area contributed by atoms with E-state index in [1.165, 1.54) is 25.0 Å². The third kappa shape index (κ3) is 3.71. The summed E-state index contributed by atoms with van der Waals surface area (Å²) in [6.45, 7) is 0. The van der Waals surface area contributed by atoms with Gasteiger partial charge >= 0.3 is 0 Å². The smallest absolute Gasteiger partial charge is 0.227 e. The van der Waals surface area contributed by atoms with Crippen LogP contribution in [0.2, 0.25) is 0 Å². The Hall–Kier alpha value is -3.09. The van der Waals surface area contributed by atoms with Crippen LogP contribution in [0.4, 0.5) is 22.0 Å². The molecule has 0 atom stereocenters. The molecule has 6 nitrogen and oxygen atoms in total. The molecule has 0 aliphatic heterocycles. The molecule has 1 aliphatic carbocycles. The number of benzene rings is 1. The summed E-state index contributed by atoms with van der Waals surface area (Å²) < 4.78 is 13.0. The van der Waals surface area contributed by atoms with Crippen molar-refractivity contribution in [2.24, 2.45) is 5.92 Å². The van der Waals surface area contributed by atoms with Crippen LogP contribution in [-0.4, -0.2) is 19.9 Å². The average Bonchev–Trinajstić information content (AvgIpc) is 3.41. The highest BCUT2D eigenvalue weighted by atomic mass is 19.1. The van der Waals surface area contributed by atoms with Crippen LogP contribution in [-0.2, 0) is 6.42 Å². The number of rotatable bonds is 5. The quantitative estimate of drug-likeness (QED) is 0.742. The van der Waals surface area contributed by atoms with E-state index in [9.17, 15) is 4.39 Å². The van der Waals surface area contributed by atoms with Gasteiger partial charge in [-0.25, -0.2) is 24.3 Å². The number of nitrogens with two attached hydrogens (primary N) is 1. The SMILES string of the molecule is Nc1ncc(-c2ccnc(Nc3ccc(F)cc3)n2)c(CC2CC2)n1. The van der Waals surface area contributed by atoms with Gasteiger partial charge in [0.25, 0.3) is 0 Å². The maximum Gasteiger partial charge on any atom is 0.227 e. The highest BCUT2D eigenvalue weighted by Crippen LogP contribution is 2.34. The van der Waals surface area contributed by atoms with E-state index in [1.54, 1.807) is 24.5 Å². The van der Waals surface area contributed by atoms with Crippen molar-refractivity contribution >= 4 is 17.6 Å². The summed E-state index contributed by atoms with van der Waals surface area (Å²) in [6.07, 6.45) is 6.72. The molecule has 25 heavy (non-hydrogen) atoms. The summed E-state index contributed by atoms with van der Waals surface area (Å²) in [7, 11) is 0. The minimum Gasteiger partial charge on any atom is -0.368 e. The summed E-state index contributed by atoms with van der Waals surface area (Å²) in [4.78, 5) is 17.3. The third-order valence-electron chi connectivity index (χ3n) is 4.10. The fraction of sp³-hybridized carbons (Fsp3) is 0.222. The Morgan fingerprint density at radius 1 is 1.08 bits per heavy atom. The van der Waals surface area contributed by atoms with E-state index in [0.29, 0.717) is 17.6 Å². The summed E-state index contributed by atoms with van der Waals surface area (Å²) in [6, 6.07) is 7.86. The van der Waals surface area contributed by atoms with Gasteiger partial charge in [0, 0.05) is 23.6 Å². The Labute approximate surface area is 144 Å². The van der Waals surface area contributed by atoms with Gasteiger partial charge < -0.3 is 11.1 Å². The second kappa shape index (κ2) is 6.43. The van der Waals surface area contributed by atoms with E-state index in [0.717, 1.165) is 23.4 Å². The van der Waals surface area contributed by atoms with Gasteiger partial charge in [-0.2, -0.15) is 0 Å². The first kappa shape index (κ1) is 15.4. The molecule has 3 aromatic rings. The molecule has 0 bridgehead atoms. The molecule has 126 valence electrons. The Balaban J connectivity index is 1.63. The van der Waals surface area contributed by atoms with Gasteiger partial charge in [0.1, 0.15) is 5.82 Å². The molecule has 4 rings (SSSR count). The molecule has 2 heterocycles. The number of nitrogen functional groups attached to an aromatic ring is 1. The number of hydrogen-bond acceptors (Lipinski definition) is 6. The number of nitrogens with one attached hydrogen (secondary N) is 1. The molecule has 2 aromatic heterocycles. The van der Waals surface area contributed by atoms with Gasteiger partial charge in [-0.05, 0) is 55.5 Å². The van der Waals surface area contributed by atoms with Gasteiger partial charge in [0.15, 0.2) is 0 Å². The molecule has 0 unspecified atom stereocenters. The van der Waals surface area contributed by atoms with E-state index in [1.807, 2.05) is 6.07 Å². The summed E-state index contributed by atoms with van der Waals surface area (Å²) >= 11 is 0. The van der Waals surface area contributed by atoms with E-state index >= 15 is 0 Å². The van der Waals surface area contributed by atoms with Gasteiger partial charge in [0.2, 0.25) is 11.9 Å². The van der Waals surface area contributed by atoms with Gasteiger partial charge in [-0.15, -0.1) is 0 Å². The molecule has 0 amide bonds. The van der Waals surface area contributed by atoms with Crippen molar-refractivity contribution in [1.29, 1.82) is 0 Å². The lowest BCUT2D eigenvalue weighted by molar-refractivity contribution is 0.628. The van der Waals surface area contributed by atoms with Gasteiger partial charge in [-0.3, -0.25) is 0 Å². The lowest BCUT2D eigenvalue weighted by Crippen LogP contribution is -2.04. The number of halogens is 1. The van der Waals surface area contributed by atoms with E-state index in [2.05, 4.69) is 25.3 Å². The molecule has 7 heteroatoms. The first-order valence-electron chi connectivity index (χ1n) is 8.15. The van der Waals surface area contributed by atoms with Crippen molar-refractivity contribution in [3.05, 3.63) is 54.2 Å². The van der Waals surface area contributed by atoms with Crippen molar-refractivity contribution in [2.45, 2.75) is 19.3 Å². The minimum absolute atomic E-state index is 0.276. The van der Waals surface area contributed by atoms with E-state index in [4.69, 9.17) is 5.73 Å². The molecule has 1 saturated carbocycles. The minimum atomic E-state index is -0.288. The molecular formula is C18H17FN6. The first-order valence-corrected chi connectivity index (χ1v) is 8.15. The number of hydrogen-bond donors (Lipinski definition) is 2. The van der Waals surface area contributed by atoms with Crippen molar-refractivity contribution < 1.29 is 4.39 Å². The summed E-state index contributed by atoms with van der Waals surface area (Å²) in [5.41, 5.74) is 8.98. The Kier molecular flexibility index (Phi) is 3.97. The lowest BCUT2D eigenvalue weighted by atomic mass is 10.1. The maximum absolute atomic E-state index is 13.0. The molecular weight excluding hydrogens is 319 g/mol. The zero-order valence-corrected chi connectivity index (χ0v) is 13.5. The Morgan fingerprint density at radius 2 is 1.88 bits per heavy atom. The average molecular weight is 336 g/mol. The zero-order valence-electron chi connectivity index (χ0n) is 13.5. The molecule has 1 fully saturated rings. The molecule has 0 spiro atoms. The van der Waals surface area contributed by atoms with Crippen LogP contribution in [0, 0.1) is 11.7 Å². The van der Waals surface area contributed by atoms with Crippen molar-refractivity contribution in [1.82, 2.24) is 19.9 Å². The summed E-state index contributed by atoms with van der Waals surface area (Å²) in [5.74, 6) is 1.09. The van der Waals surface area contributed by atoms with Crippen LogP contribution in [0.15, 0.2) is 42.7 Å². The van der Waals surface area contributed by atoms with Gasteiger partial charge in [0.05, 0.1) is 11.4 Å². The fourth-order valence-electron chi connectivity index (χ4n) is 2.63. The Bertz CT molecular complexity index is 892. The second-order valence-corrected chi connectivity index (χ2v) is 6.13. The number of nitrogens with zero attached hydrogens (tertiary/aromatic N) is 4. The monoisotopic (exact) mass is 336 g/mol. The van der Waals surface area contributed by atoms with Crippen LogP contribution in [0.3, 0.4) is 0 Å². The lowest BCUT2D eigenvalue weighted by Gasteiger charge is -2.10. The van der Waals surface area contributed by atoms with E-state index in [-0.39, 0.29) is 11.8 Å². The molecule has 3 N–H and O–H groups in total. The Morgan fingerprint density at radius 3 is 2.64 bits per heavy atom. The predicted octanol–water partition coefficient (Wildman–Crippen LogP) is 3.35. The van der Waals surface area contributed by atoms with Crippen LogP contribution < -0.4 is 11.1 Å². The standard InChI is InChI=1S/C18H17FN6/c19-12-3-5-13(6-4-12)23-18-21-8-7-15(25-18)14-10-22-17(20)24-16(14)9-11-1-2-11/h3-8,10-11H,1-2,9H2,(H2,20,22,24)(H,21,23,25). The number of aromatic nitrogens is 4. The van der Waals surface area contributed by atoms with E-state index < -0.39 is 0 Å². The van der Waals surface area contributed by atoms with Crippen molar-refractivity contribution in [3.63, 3.8) is 0 Å². The van der Waals surface area contributed by atoms with Crippen LogP contribution in [0.25, 0.3) is 11.3 Å². The van der Waals surface area contributed by atoms with Gasteiger partial charge in [-0.1, -0.05) is 0 Å². The topological polar surface area (TPSA) is 89.6 Å². The van der Waals surface area contributed by atoms with Crippen molar-refractivity contribution in [2.75, 3.05) is 11.1 Å². The molecule has 1 aromatic carbocycles.